The van der Waals surface area contributed by atoms with Crippen LogP contribution < -0.4 is 10.6 Å². The van der Waals surface area contributed by atoms with Gasteiger partial charge in [0, 0.05) is 24.3 Å². The first-order valence-corrected chi connectivity index (χ1v) is 8.14. The molecule has 0 saturated heterocycles. The van der Waals surface area contributed by atoms with E-state index in [1.165, 1.54) is 11.1 Å². The molecule has 0 radical (unpaired) electrons. The zero-order valence-electron chi connectivity index (χ0n) is 14.4. The number of anilines is 2. The van der Waals surface area contributed by atoms with Crippen LogP contribution in [0.25, 0.3) is 0 Å². The van der Waals surface area contributed by atoms with Crippen LogP contribution in [-0.2, 0) is 4.79 Å². The average molecular weight is 321 g/mol. The topological polar surface area (TPSA) is 64.9 Å². The van der Waals surface area contributed by atoms with Gasteiger partial charge in [-0.05, 0) is 42.2 Å². The summed E-state index contributed by atoms with van der Waals surface area (Å²) in [5.74, 6) is 0.354. The van der Waals surface area contributed by atoms with E-state index in [2.05, 4.69) is 55.7 Å². The van der Waals surface area contributed by atoms with Gasteiger partial charge < -0.3 is 10.6 Å². The maximum absolute atomic E-state index is 12.1. The lowest BCUT2D eigenvalue weighted by atomic mass is 9.98. The number of nitrogens with zero attached hydrogens (tertiary/aromatic N) is 1. The summed E-state index contributed by atoms with van der Waals surface area (Å²) in [6, 6.07) is 15.2. The standard InChI is InChI=1S/C20H23N3O/c1-14(2)18-9-4-6-15(3)20(18)22-11-10-19(24)23-17-8-5-7-16(12-17)13-21/h4-9,12,14,22H,10-11H2,1-3H3,(H,23,24). The third-order valence-corrected chi connectivity index (χ3v) is 3.86. The van der Waals surface area contributed by atoms with Crippen molar-refractivity contribution in [3.05, 3.63) is 59.2 Å². The molecule has 2 N–H and O–H groups in total. The predicted molar refractivity (Wildman–Crippen MR) is 98.2 cm³/mol. The van der Waals surface area contributed by atoms with Crippen LogP contribution in [0.5, 0.6) is 0 Å². The smallest absolute Gasteiger partial charge is 0.226 e. The Morgan fingerprint density at radius 2 is 1.96 bits per heavy atom. The van der Waals surface area contributed by atoms with Gasteiger partial charge in [0.05, 0.1) is 11.6 Å². The summed E-state index contributed by atoms with van der Waals surface area (Å²) < 4.78 is 0. The maximum atomic E-state index is 12.1. The van der Waals surface area contributed by atoms with Crippen LogP contribution in [0.3, 0.4) is 0 Å². The first kappa shape index (κ1) is 17.6. The molecule has 0 unspecified atom stereocenters. The second kappa shape index (κ2) is 8.16. The molecule has 0 aliphatic rings. The van der Waals surface area contributed by atoms with E-state index in [1.54, 1.807) is 24.3 Å². The SMILES string of the molecule is Cc1cccc(C(C)C)c1NCCC(=O)Nc1cccc(C#N)c1. The first-order valence-electron chi connectivity index (χ1n) is 8.14. The van der Waals surface area contributed by atoms with Crippen LogP contribution >= 0.6 is 0 Å². The van der Waals surface area contributed by atoms with Crippen molar-refractivity contribution in [2.24, 2.45) is 0 Å². The summed E-state index contributed by atoms with van der Waals surface area (Å²) >= 11 is 0. The number of carbonyl (C=O) groups is 1. The number of rotatable bonds is 6. The summed E-state index contributed by atoms with van der Waals surface area (Å²) in [7, 11) is 0. The number of nitrogens with one attached hydrogen (secondary N) is 2. The van der Waals surface area contributed by atoms with Gasteiger partial charge in [-0.15, -0.1) is 0 Å². The minimum Gasteiger partial charge on any atom is -0.384 e. The van der Waals surface area contributed by atoms with Crippen LogP contribution in [0.4, 0.5) is 11.4 Å². The third-order valence-electron chi connectivity index (χ3n) is 3.86. The van der Waals surface area contributed by atoms with Gasteiger partial charge in [0.2, 0.25) is 5.91 Å². The highest BCUT2D eigenvalue weighted by molar-refractivity contribution is 5.91. The van der Waals surface area contributed by atoms with Gasteiger partial charge in [-0.2, -0.15) is 5.26 Å². The molecule has 0 bridgehead atoms. The Morgan fingerprint density at radius 3 is 2.67 bits per heavy atom. The Labute approximate surface area is 143 Å². The Hall–Kier alpha value is -2.80. The van der Waals surface area contributed by atoms with Crippen LogP contribution in [0.1, 0.15) is 42.9 Å². The molecule has 4 nitrogen and oxygen atoms in total. The first-order chi connectivity index (χ1) is 11.5. The molecule has 2 aromatic carbocycles. The molecule has 124 valence electrons. The van der Waals surface area contributed by atoms with E-state index in [0.717, 1.165) is 5.69 Å². The maximum Gasteiger partial charge on any atom is 0.226 e. The van der Waals surface area contributed by atoms with E-state index in [-0.39, 0.29) is 5.91 Å². The van der Waals surface area contributed by atoms with Crippen LogP contribution in [-0.4, -0.2) is 12.5 Å². The summed E-state index contributed by atoms with van der Waals surface area (Å²) in [6.45, 7) is 6.96. The molecule has 0 aliphatic carbocycles. The number of para-hydroxylation sites is 1. The molecule has 0 aliphatic heterocycles. The predicted octanol–water partition coefficient (Wildman–Crippen LogP) is 4.43. The van der Waals surface area contributed by atoms with Crippen molar-refractivity contribution in [2.45, 2.75) is 33.1 Å². The number of nitriles is 1. The normalized spacial score (nSPS) is 10.3. The fourth-order valence-electron chi connectivity index (χ4n) is 2.60. The van der Waals surface area contributed by atoms with E-state index < -0.39 is 0 Å². The molecule has 0 aromatic heterocycles. The quantitative estimate of drug-likeness (QED) is 0.827. The second-order valence-electron chi connectivity index (χ2n) is 6.11. The molecule has 24 heavy (non-hydrogen) atoms. The summed E-state index contributed by atoms with van der Waals surface area (Å²) in [4.78, 5) is 12.1. The minimum absolute atomic E-state index is 0.0720. The van der Waals surface area contributed by atoms with Gasteiger partial charge in [-0.3, -0.25) is 4.79 Å². The van der Waals surface area contributed by atoms with E-state index in [9.17, 15) is 4.79 Å². The Bertz CT molecular complexity index is 760. The number of hydrogen-bond acceptors (Lipinski definition) is 3. The fraction of sp³-hybridized carbons (Fsp3) is 0.300. The van der Waals surface area contributed by atoms with Crippen molar-refractivity contribution in [2.75, 3.05) is 17.2 Å². The molecular formula is C20H23N3O. The molecule has 4 heteroatoms. The zero-order chi connectivity index (χ0) is 17.5. The van der Waals surface area contributed by atoms with Crippen molar-refractivity contribution >= 4 is 17.3 Å². The highest BCUT2D eigenvalue weighted by Gasteiger charge is 2.09. The second-order valence-corrected chi connectivity index (χ2v) is 6.11. The van der Waals surface area contributed by atoms with Crippen LogP contribution in [0, 0.1) is 18.3 Å². The van der Waals surface area contributed by atoms with Crippen molar-refractivity contribution < 1.29 is 4.79 Å². The highest BCUT2D eigenvalue weighted by Crippen LogP contribution is 2.27. The van der Waals surface area contributed by atoms with E-state index >= 15 is 0 Å². The van der Waals surface area contributed by atoms with Gasteiger partial charge in [0.15, 0.2) is 0 Å². The number of benzene rings is 2. The zero-order valence-corrected chi connectivity index (χ0v) is 14.4. The van der Waals surface area contributed by atoms with Gasteiger partial charge in [-0.25, -0.2) is 0 Å². The molecule has 2 aromatic rings. The summed E-state index contributed by atoms with van der Waals surface area (Å²) in [5.41, 5.74) is 4.75. The fourth-order valence-corrected chi connectivity index (χ4v) is 2.60. The van der Waals surface area contributed by atoms with Gasteiger partial charge in [0.1, 0.15) is 0 Å². The van der Waals surface area contributed by atoms with Gasteiger partial charge in [-0.1, -0.05) is 38.1 Å². The van der Waals surface area contributed by atoms with Gasteiger partial charge >= 0.3 is 0 Å². The van der Waals surface area contributed by atoms with Crippen LogP contribution in [0.15, 0.2) is 42.5 Å². The lowest BCUT2D eigenvalue weighted by molar-refractivity contribution is -0.115. The van der Waals surface area contributed by atoms with Crippen molar-refractivity contribution in [1.82, 2.24) is 0 Å². The van der Waals surface area contributed by atoms with Crippen LogP contribution in [0.2, 0.25) is 0 Å². The van der Waals surface area contributed by atoms with Gasteiger partial charge in [0.25, 0.3) is 0 Å². The minimum atomic E-state index is -0.0720. The molecule has 0 fully saturated rings. The van der Waals surface area contributed by atoms with E-state index in [1.807, 2.05) is 0 Å². The molecule has 0 heterocycles. The summed E-state index contributed by atoms with van der Waals surface area (Å²) in [5, 5.41) is 15.1. The molecule has 0 atom stereocenters. The number of carbonyl (C=O) groups excluding carboxylic acids is 1. The molecule has 2 rings (SSSR count). The lowest BCUT2D eigenvalue weighted by Crippen LogP contribution is -2.17. The average Bonchev–Trinajstić information content (AvgIpc) is 2.56. The molecule has 0 spiro atoms. The lowest BCUT2D eigenvalue weighted by Gasteiger charge is -2.17. The van der Waals surface area contributed by atoms with E-state index in [4.69, 9.17) is 5.26 Å². The van der Waals surface area contributed by atoms with Crippen molar-refractivity contribution in [3.8, 4) is 6.07 Å². The largest absolute Gasteiger partial charge is 0.384 e. The number of amides is 1. The number of aryl methyl sites for hydroxylation is 1. The molecule has 0 saturated carbocycles. The Kier molecular flexibility index (Phi) is 5.97. The van der Waals surface area contributed by atoms with Crippen molar-refractivity contribution in [1.29, 1.82) is 5.26 Å². The third kappa shape index (κ3) is 4.60. The molecular weight excluding hydrogens is 298 g/mol. The Balaban J connectivity index is 1.93. The molecule has 1 amide bonds. The monoisotopic (exact) mass is 321 g/mol. The highest BCUT2D eigenvalue weighted by atomic mass is 16.1. The summed E-state index contributed by atoms with van der Waals surface area (Å²) in [6.07, 6.45) is 0.364. The van der Waals surface area contributed by atoms with Crippen molar-refractivity contribution in [3.63, 3.8) is 0 Å². The Morgan fingerprint density at radius 1 is 1.21 bits per heavy atom. The number of hydrogen-bond donors (Lipinski definition) is 2. The van der Waals surface area contributed by atoms with E-state index in [0.29, 0.717) is 30.1 Å².